The maximum atomic E-state index is 9.35. The number of aryl methyl sites for hydroxylation is 1. The first-order chi connectivity index (χ1) is 10.0. The van der Waals surface area contributed by atoms with Crippen molar-refractivity contribution < 1.29 is 14.9 Å². The normalized spacial score (nSPS) is 9.95. The van der Waals surface area contributed by atoms with E-state index in [-0.39, 0.29) is 6.61 Å². The molecule has 21 heavy (non-hydrogen) atoms. The summed E-state index contributed by atoms with van der Waals surface area (Å²) >= 11 is 0. The lowest BCUT2D eigenvalue weighted by Gasteiger charge is -2.06. The number of phenols is 1. The predicted molar refractivity (Wildman–Crippen MR) is 86.0 cm³/mol. The number of hydrogen-bond donors (Lipinski definition) is 2. The largest absolute Gasteiger partial charge is 0.508 e. The second kappa shape index (κ2) is 9.03. The quantitative estimate of drug-likeness (QED) is 0.897. The van der Waals surface area contributed by atoms with E-state index in [0.717, 1.165) is 11.3 Å². The van der Waals surface area contributed by atoms with Gasteiger partial charge < -0.3 is 14.9 Å². The van der Waals surface area contributed by atoms with Crippen molar-refractivity contribution in [3.63, 3.8) is 0 Å². The van der Waals surface area contributed by atoms with Gasteiger partial charge in [0, 0.05) is 0 Å². The van der Waals surface area contributed by atoms with Crippen molar-refractivity contribution in [2.45, 2.75) is 26.7 Å². The molecule has 0 saturated heterocycles. The van der Waals surface area contributed by atoms with E-state index in [2.05, 4.69) is 19.9 Å². The molecule has 0 radical (unpaired) electrons. The first-order valence-electron chi connectivity index (χ1n) is 7.12. The van der Waals surface area contributed by atoms with Crippen LogP contribution in [0.15, 0.2) is 48.5 Å². The van der Waals surface area contributed by atoms with Gasteiger partial charge in [0.05, 0.1) is 6.61 Å². The Balaban J connectivity index is 0.000000211. The lowest BCUT2D eigenvalue weighted by Crippen LogP contribution is -2.00. The molecule has 0 aliphatic rings. The van der Waals surface area contributed by atoms with Crippen LogP contribution in [0, 0.1) is 6.92 Å². The number of para-hydroxylation sites is 1. The summed E-state index contributed by atoms with van der Waals surface area (Å²) < 4.78 is 5.11. The Kier molecular flexibility index (Phi) is 7.33. The van der Waals surface area contributed by atoms with Crippen molar-refractivity contribution in [3.8, 4) is 11.5 Å². The number of hydrogen-bond acceptors (Lipinski definition) is 3. The smallest absolute Gasteiger partial charge is 0.119 e. The molecule has 0 heterocycles. The van der Waals surface area contributed by atoms with Gasteiger partial charge in [0.1, 0.15) is 18.1 Å². The Morgan fingerprint density at radius 3 is 2.24 bits per heavy atom. The summed E-state index contributed by atoms with van der Waals surface area (Å²) in [6, 6.07) is 15.3. The van der Waals surface area contributed by atoms with Gasteiger partial charge in [-0.1, -0.05) is 44.2 Å². The van der Waals surface area contributed by atoms with Gasteiger partial charge in [0.2, 0.25) is 0 Å². The number of aliphatic hydroxyl groups is 1. The van der Waals surface area contributed by atoms with Crippen LogP contribution in [-0.4, -0.2) is 23.4 Å². The Labute approximate surface area is 126 Å². The van der Waals surface area contributed by atoms with E-state index in [0.29, 0.717) is 18.3 Å². The van der Waals surface area contributed by atoms with Gasteiger partial charge in [0.15, 0.2) is 0 Å². The van der Waals surface area contributed by atoms with E-state index >= 15 is 0 Å². The van der Waals surface area contributed by atoms with Crippen LogP contribution in [0.5, 0.6) is 11.5 Å². The highest BCUT2D eigenvalue weighted by molar-refractivity contribution is 5.36. The maximum absolute atomic E-state index is 9.35. The third-order valence-corrected chi connectivity index (χ3v) is 3.00. The van der Waals surface area contributed by atoms with Gasteiger partial charge in [-0.3, -0.25) is 0 Å². The lowest BCUT2D eigenvalue weighted by atomic mass is 10.0. The second-order valence-corrected chi connectivity index (χ2v) is 5.09. The monoisotopic (exact) mass is 288 g/mol. The van der Waals surface area contributed by atoms with E-state index in [9.17, 15) is 5.11 Å². The fourth-order valence-electron chi connectivity index (χ4n) is 1.67. The SMILES string of the molecule is Cc1ccc(C(C)C)cc1O.OCCOc1ccccc1. The van der Waals surface area contributed by atoms with Crippen LogP contribution in [0.3, 0.4) is 0 Å². The summed E-state index contributed by atoms with van der Waals surface area (Å²) in [6.07, 6.45) is 0. The average Bonchev–Trinajstić information content (AvgIpc) is 2.49. The van der Waals surface area contributed by atoms with Crippen LogP contribution in [0.25, 0.3) is 0 Å². The Morgan fingerprint density at radius 2 is 1.71 bits per heavy atom. The summed E-state index contributed by atoms with van der Waals surface area (Å²) in [4.78, 5) is 0. The van der Waals surface area contributed by atoms with E-state index in [1.54, 1.807) is 0 Å². The molecule has 0 fully saturated rings. The summed E-state index contributed by atoms with van der Waals surface area (Å²) in [5.41, 5.74) is 2.13. The Bertz CT molecular complexity index is 521. The van der Waals surface area contributed by atoms with Gasteiger partial charge in [-0.05, 0) is 42.2 Å². The molecular formula is C18H24O3. The summed E-state index contributed by atoms with van der Waals surface area (Å²) in [5.74, 6) is 1.69. The molecular weight excluding hydrogens is 264 g/mol. The third kappa shape index (κ3) is 6.32. The number of aromatic hydroxyl groups is 1. The van der Waals surface area contributed by atoms with Gasteiger partial charge >= 0.3 is 0 Å². The molecule has 0 spiro atoms. The number of ether oxygens (including phenoxy) is 1. The number of benzene rings is 2. The molecule has 0 aromatic heterocycles. The highest BCUT2D eigenvalue weighted by Crippen LogP contribution is 2.22. The van der Waals surface area contributed by atoms with Crippen molar-refractivity contribution in [1.82, 2.24) is 0 Å². The maximum Gasteiger partial charge on any atom is 0.119 e. The number of phenolic OH excluding ortho intramolecular Hbond substituents is 1. The molecule has 0 saturated carbocycles. The minimum absolute atomic E-state index is 0.0644. The molecule has 2 aromatic rings. The van der Waals surface area contributed by atoms with E-state index in [4.69, 9.17) is 9.84 Å². The first kappa shape index (κ1) is 17.1. The molecule has 114 valence electrons. The summed E-state index contributed by atoms with van der Waals surface area (Å²) in [5, 5.41) is 17.8. The fourth-order valence-corrected chi connectivity index (χ4v) is 1.67. The van der Waals surface area contributed by atoms with Gasteiger partial charge in [-0.25, -0.2) is 0 Å². The van der Waals surface area contributed by atoms with Crippen LogP contribution < -0.4 is 4.74 Å². The molecule has 3 heteroatoms. The van der Waals surface area contributed by atoms with Crippen LogP contribution in [0.4, 0.5) is 0 Å². The van der Waals surface area contributed by atoms with Crippen LogP contribution in [0.2, 0.25) is 0 Å². The minimum atomic E-state index is 0.0644. The van der Waals surface area contributed by atoms with Crippen molar-refractivity contribution in [1.29, 1.82) is 0 Å². The highest BCUT2D eigenvalue weighted by atomic mass is 16.5. The van der Waals surface area contributed by atoms with Crippen LogP contribution in [0.1, 0.15) is 30.9 Å². The average molecular weight is 288 g/mol. The zero-order valence-corrected chi connectivity index (χ0v) is 12.9. The molecule has 0 bridgehead atoms. The van der Waals surface area contributed by atoms with Gasteiger partial charge in [0.25, 0.3) is 0 Å². The van der Waals surface area contributed by atoms with Gasteiger partial charge in [-0.2, -0.15) is 0 Å². The molecule has 3 nitrogen and oxygen atoms in total. The highest BCUT2D eigenvalue weighted by Gasteiger charge is 2.01. The molecule has 2 aromatic carbocycles. The first-order valence-corrected chi connectivity index (χ1v) is 7.12. The van der Waals surface area contributed by atoms with E-state index < -0.39 is 0 Å². The Hall–Kier alpha value is -2.00. The molecule has 0 atom stereocenters. The number of rotatable bonds is 4. The standard InChI is InChI=1S/C10H14O.C8H10O2/c1-7(2)9-5-4-8(3)10(11)6-9;9-6-7-10-8-4-2-1-3-5-8/h4-7,11H,1-3H3;1-5,9H,6-7H2. The summed E-state index contributed by atoms with van der Waals surface area (Å²) in [6.45, 7) is 6.56. The van der Waals surface area contributed by atoms with Crippen molar-refractivity contribution >= 4 is 0 Å². The van der Waals surface area contributed by atoms with E-state index in [1.807, 2.05) is 49.4 Å². The molecule has 0 aliphatic carbocycles. The minimum Gasteiger partial charge on any atom is -0.508 e. The zero-order valence-electron chi connectivity index (χ0n) is 12.9. The molecule has 0 amide bonds. The van der Waals surface area contributed by atoms with Crippen molar-refractivity contribution in [2.75, 3.05) is 13.2 Å². The van der Waals surface area contributed by atoms with E-state index in [1.165, 1.54) is 5.56 Å². The Morgan fingerprint density at radius 1 is 1.05 bits per heavy atom. The number of aliphatic hydroxyl groups excluding tert-OH is 1. The molecule has 2 rings (SSSR count). The lowest BCUT2D eigenvalue weighted by molar-refractivity contribution is 0.201. The molecule has 0 unspecified atom stereocenters. The van der Waals surface area contributed by atoms with Crippen molar-refractivity contribution in [3.05, 3.63) is 59.7 Å². The molecule has 0 aliphatic heterocycles. The molecule has 2 N–H and O–H groups in total. The van der Waals surface area contributed by atoms with Gasteiger partial charge in [-0.15, -0.1) is 0 Å². The van der Waals surface area contributed by atoms with Crippen molar-refractivity contribution in [2.24, 2.45) is 0 Å². The summed E-state index contributed by atoms with van der Waals surface area (Å²) in [7, 11) is 0. The fraction of sp³-hybridized carbons (Fsp3) is 0.333. The third-order valence-electron chi connectivity index (χ3n) is 3.00. The second-order valence-electron chi connectivity index (χ2n) is 5.09. The zero-order chi connectivity index (χ0) is 15.7. The van der Waals surface area contributed by atoms with Crippen LogP contribution >= 0.6 is 0 Å². The predicted octanol–water partition coefficient (Wildman–Crippen LogP) is 3.88. The topological polar surface area (TPSA) is 49.7 Å². The van der Waals surface area contributed by atoms with Crippen LogP contribution in [-0.2, 0) is 0 Å².